The number of carbonyl (C=O) groups excluding carboxylic acids is 2. The molecule has 0 bridgehead atoms. The number of sulfonamides is 1. The Balaban J connectivity index is 2.00. The molecule has 0 saturated carbocycles. The number of benzene rings is 3. The molecule has 0 heterocycles. The summed E-state index contributed by atoms with van der Waals surface area (Å²) in [6.07, 6.45) is 1.69. The van der Waals surface area contributed by atoms with Crippen LogP contribution in [0.1, 0.15) is 32.3 Å². The van der Waals surface area contributed by atoms with Crippen molar-refractivity contribution >= 4 is 50.7 Å². The molecule has 0 spiro atoms. The van der Waals surface area contributed by atoms with Gasteiger partial charge < -0.3 is 15.0 Å². The van der Waals surface area contributed by atoms with Crippen LogP contribution in [0.15, 0.2) is 77.7 Å². The summed E-state index contributed by atoms with van der Waals surface area (Å²) in [4.78, 5) is 28.3. The van der Waals surface area contributed by atoms with Crippen LogP contribution in [-0.2, 0) is 26.2 Å². The number of halogens is 2. The summed E-state index contributed by atoms with van der Waals surface area (Å²) in [6, 6.07) is 18.3. The van der Waals surface area contributed by atoms with Crippen molar-refractivity contribution in [3.8, 4) is 5.75 Å². The summed E-state index contributed by atoms with van der Waals surface area (Å²) < 4.78 is 33.8. The monoisotopic (exact) mass is 605 g/mol. The maximum Gasteiger partial charge on any atom is 0.264 e. The molecule has 3 aromatic rings. The van der Waals surface area contributed by atoms with E-state index in [4.69, 9.17) is 27.9 Å². The van der Waals surface area contributed by atoms with Crippen molar-refractivity contribution < 1.29 is 22.7 Å². The first-order chi connectivity index (χ1) is 19.1. The van der Waals surface area contributed by atoms with Gasteiger partial charge in [-0.1, -0.05) is 60.8 Å². The fourth-order valence-corrected chi connectivity index (χ4v) is 5.71. The Morgan fingerprint density at radius 1 is 0.975 bits per heavy atom. The topological polar surface area (TPSA) is 96.0 Å². The first-order valence-corrected chi connectivity index (χ1v) is 15.0. The zero-order valence-corrected chi connectivity index (χ0v) is 25.0. The number of methoxy groups -OCH3 is 1. The third kappa shape index (κ3) is 7.90. The number of nitrogens with zero attached hydrogens (tertiary/aromatic N) is 2. The van der Waals surface area contributed by atoms with Crippen LogP contribution < -0.4 is 14.4 Å². The molecule has 3 aromatic carbocycles. The zero-order chi connectivity index (χ0) is 29.3. The molecule has 8 nitrogen and oxygen atoms in total. The molecule has 0 aliphatic carbocycles. The Hall–Kier alpha value is -3.27. The lowest BCUT2D eigenvalue weighted by molar-refractivity contribution is -0.139. The summed E-state index contributed by atoms with van der Waals surface area (Å²) in [5, 5.41) is 3.51. The second-order valence-corrected chi connectivity index (χ2v) is 11.8. The summed E-state index contributed by atoms with van der Waals surface area (Å²) in [7, 11) is -2.64. The average molecular weight is 607 g/mol. The van der Waals surface area contributed by atoms with E-state index in [2.05, 4.69) is 5.32 Å². The van der Waals surface area contributed by atoms with Crippen LogP contribution in [-0.4, -0.2) is 51.4 Å². The molecule has 0 saturated heterocycles. The van der Waals surface area contributed by atoms with Gasteiger partial charge in [0, 0.05) is 13.1 Å². The second kappa shape index (κ2) is 14.4. The zero-order valence-electron chi connectivity index (χ0n) is 22.6. The minimum Gasteiger partial charge on any atom is -0.497 e. The minimum absolute atomic E-state index is 0.0138. The maximum absolute atomic E-state index is 13.9. The lowest BCUT2D eigenvalue weighted by atomic mass is 10.1. The van der Waals surface area contributed by atoms with Gasteiger partial charge in [0.2, 0.25) is 11.8 Å². The molecule has 0 fully saturated rings. The third-order valence-electron chi connectivity index (χ3n) is 6.30. The fourth-order valence-electron chi connectivity index (χ4n) is 3.95. The number of hydrogen-bond acceptors (Lipinski definition) is 5. The summed E-state index contributed by atoms with van der Waals surface area (Å²) in [6.45, 7) is 3.56. The van der Waals surface area contributed by atoms with Gasteiger partial charge in [-0.05, 0) is 67.4 Å². The Kier molecular flexibility index (Phi) is 11.2. The van der Waals surface area contributed by atoms with Gasteiger partial charge in [-0.2, -0.15) is 0 Å². The number of hydrogen-bond donors (Lipinski definition) is 1. The lowest BCUT2D eigenvalue weighted by Crippen LogP contribution is -2.51. The molecule has 1 N–H and O–H groups in total. The highest BCUT2D eigenvalue weighted by Gasteiger charge is 2.32. The summed E-state index contributed by atoms with van der Waals surface area (Å²) >= 11 is 12.3. The van der Waals surface area contributed by atoms with Crippen molar-refractivity contribution in [2.24, 2.45) is 0 Å². The van der Waals surface area contributed by atoms with Crippen molar-refractivity contribution in [2.45, 2.75) is 44.2 Å². The Labute approximate surface area is 245 Å². The van der Waals surface area contributed by atoms with Gasteiger partial charge in [0.1, 0.15) is 18.3 Å². The first kappa shape index (κ1) is 31.3. The number of nitrogens with one attached hydrogen (secondary N) is 1. The van der Waals surface area contributed by atoms with Crippen LogP contribution in [0.2, 0.25) is 10.0 Å². The molecule has 40 heavy (non-hydrogen) atoms. The van der Waals surface area contributed by atoms with E-state index in [1.54, 1.807) is 67.6 Å². The van der Waals surface area contributed by atoms with Gasteiger partial charge in [0.05, 0.1) is 27.7 Å². The van der Waals surface area contributed by atoms with Gasteiger partial charge in [-0.15, -0.1) is 0 Å². The number of anilines is 1. The molecular weight excluding hydrogens is 573 g/mol. The SMILES string of the molecule is CCCCNC(=O)[C@H](C)N(Cc1ccc(Cl)c(Cl)c1)C(=O)CN(c1ccc(OC)cc1)S(=O)(=O)c1ccccc1. The fraction of sp³-hybridized carbons (Fsp3) is 0.310. The predicted molar refractivity (Wildman–Crippen MR) is 158 cm³/mol. The van der Waals surface area contributed by atoms with Crippen molar-refractivity contribution in [1.82, 2.24) is 10.2 Å². The van der Waals surface area contributed by atoms with Crippen molar-refractivity contribution in [3.05, 3.63) is 88.4 Å². The number of unbranched alkanes of at least 4 members (excludes halogenated alkanes) is 1. The number of amides is 2. The summed E-state index contributed by atoms with van der Waals surface area (Å²) in [5.74, 6) is -0.380. The molecule has 0 radical (unpaired) electrons. The van der Waals surface area contributed by atoms with Gasteiger partial charge in [0.25, 0.3) is 10.0 Å². The Bertz CT molecular complexity index is 1400. The third-order valence-corrected chi connectivity index (χ3v) is 8.83. The van der Waals surface area contributed by atoms with E-state index in [9.17, 15) is 18.0 Å². The van der Waals surface area contributed by atoms with Crippen molar-refractivity contribution in [1.29, 1.82) is 0 Å². The highest BCUT2D eigenvalue weighted by molar-refractivity contribution is 7.92. The molecule has 2 amide bonds. The number of rotatable bonds is 13. The van der Waals surface area contributed by atoms with Crippen molar-refractivity contribution in [3.63, 3.8) is 0 Å². The lowest BCUT2D eigenvalue weighted by Gasteiger charge is -2.32. The molecule has 214 valence electrons. The Morgan fingerprint density at radius 3 is 2.25 bits per heavy atom. The van der Waals surface area contributed by atoms with Gasteiger partial charge in [0.15, 0.2) is 0 Å². The van der Waals surface area contributed by atoms with Gasteiger partial charge in [-0.3, -0.25) is 13.9 Å². The summed E-state index contributed by atoms with van der Waals surface area (Å²) in [5.41, 5.74) is 0.908. The Morgan fingerprint density at radius 2 is 1.65 bits per heavy atom. The van der Waals surface area contributed by atoms with E-state index in [0.717, 1.165) is 17.1 Å². The molecule has 0 aromatic heterocycles. The van der Waals surface area contributed by atoms with Crippen LogP contribution in [0, 0.1) is 0 Å². The van der Waals surface area contributed by atoms with Crippen LogP contribution >= 0.6 is 23.2 Å². The standard InChI is InChI=1S/C29H33Cl2N3O5S/c1-4-5-17-32-29(36)21(2)33(19-22-11-16-26(30)27(31)18-22)28(35)20-34(23-12-14-24(39-3)15-13-23)40(37,38)25-9-7-6-8-10-25/h6-16,18,21H,4-5,17,19-20H2,1-3H3,(H,32,36)/t21-/m0/s1. The van der Waals surface area contributed by atoms with E-state index >= 15 is 0 Å². The highest BCUT2D eigenvalue weighted by atomic mass is 35.5. The second-order valence-electron chi connectivity index (χ2n) is 9.11. The van der Waals surface area contributed by atoms with Gasteiger partial charge in [-0.25, -0.2) is 8.42 Å². The van der Waals surface area contributed by atoms with E-state index < -0.39 is 28.5 Å². The number of ether oxygens (including phenoxy) is 1. The molecule has 3 rings (SSSR count). The first-order valence-electron chi connectivity index (χ1n) is 12.8. The molecule has 0 aliphatic rings. The minimum atomic E-state index is -4.15. The largest absolute Gasteiger partial charge is 0.497 e. The van der Waals surface area contributed by atoms with Crippen LogP contribution in [0.5, 0.6) is 5.75 Å². The number of carbonyl (C=O) groups is 2. The normalized spacial score (nSPS) is 11.9. The quantitative estimate of drug-likeness (QED) is 0.258. The van der Waals surface area contributed by atoms with E-state index in [1.807, 2.05) is 6.92 Å². The van der Waals surface area contributed by atoms with Crippen LogP contribution in [0.4, 0.5) is 5.69 Å². The van der Waals surface area contributed by atoms with Gasteiger partial charge >= 0.3 is 0 Å². The molecule has 0 aliphatic heterocycles. The smallest absolute Gasteiger partial charge is 0.264 e. The van der Waals surface area contributed by atoms with E-state index in [0.29, 0.717) is 27.9 Å². The molecule has 11 heteroatoms. The van der Waals surface area contributed by atoms with E-state index in [-0.39, 0.29) is 23.0 Å². The van der Waals surface area contributed by atoms with E-state index in [1.165, 1.54) is 24.1 Å². The predicted octanol–water partition coefficient (Wildman–Crippen LogP) is 5.53. The highest BCUT2D eigenvalue weighted by Crippen LogP contribution is 2.27. The molecular formula is C29H33Cl2N3O5S. The molecule has 0 unspecified atom stereocenters. The maximum atomic E-state index is 13.9. The van der Waals surface area contributed by atoms with Crippen LogP contribution in [0.3, 0.4) is 0 Å². The van der Waals surface area contributed by atoms with Crippen molar-refractivity contribution in [2.75, 3.05) is 24.5 Å². The van der Waals surface area contributed by atoms with Crippen LogP contribution in [0.25, 0.3) is 0 Å². The average Bonchev–Trinajstić information content (AvgIpc) is 2.96. The molecule has 1 atom stereocenters.